The maximum absolute atomic E-state index is 12.6. The number of nitrogens with zero attached hydrogens (tertiary/aromatic N) is 4. The number of benzene rings is 2. The minimum atomic E-state index is -0.371. The van der Waals surface area contributed by atoms with Gasteiger partial charge in [-0.15, -0.1) is 10.2 Å². The molecule has 2 aromatic carbocycles. The first-order valence-electron chi connectivity index (χ1n) is 12.0. The van der Waals surface area contributed by atoms with Crippen molar-refractivity contribution in [3.05, 3.63) is 76.2 Å². The van der Waals surface area contributed by atoms with E-state index in [0.29, 0.717) is 56.5 Å². The summed E-state index contributed by atoms with van der Waals surface area (Å²) in [6, 6.07) is 17.1. The first-order valence-corrected chi connectivity index (χ1v) is 12.0. The number of nitrogens with one attached hydrogen (secondary N) is 1. The molecule has 1 aromatic heterocycles. The van der Waals surface area contributed by atoms with Gasteiger partial charge in [-0.2, -0.15) is 0 Å². The number of carbonyl (C=O) groups excluding carboxylic acids is 2. The average Bonchev–Trinajstić information content (AvgIpc) is 2.92. The highest BCUT2D eigenvalue weighted by Gasteiger charge is 2.24. The van der Waals surface area contributed by atoms with Gasteiger partial charge < -0.3 is 24.3 Å². The number of H-pyrrole nitrogens is 1. The molecule has 36 heavy (non-hydrogen) atoms. The van der Waals surface area contributed by atoms with Gasteiger partial charge in [0.05, 0.1) is 6.61 Å². The van der Waals surface area contributed by atoms with Crippen molar-refractivity contribution in [2.24, 2.45) is 0 Å². The fraction of sp³-hybridized carbons (Fsp3) is 0.346. The maximum Gasteiger partial charge on any atom is 0.409 e. The van der Waals surface area contributed by atoms with Gasteiger partial charge in [0, 0.05) is 44.6 Å². The van der Waals surface area contributed by atoms with Crippen molar-refractivity contribution in [1.29, 1.82) is 0 Å². The maximum atomic E-state index is 12.6. The summed E-state index contributed by atoms with van der Waals surface area (Å²) in [7, 11) is 0. The van der Waals surface area contributed by atoms with Crippen LogP contribution in [0.5, 0.6) is 5.75 Å². The van der Waals surface area contributed by atoms with Crippen LogP contribution in [-0.4, -0.2) is 69.8 Å². The number of hydrogen-bond acceptors (Lipinski definition) is 7. The van der Waals surface area contributed by atoms with E-state index in [9.17, 15) is 14.4 Å². The van der Waals surface area contributed by atoms with Gasteiger partial charge in [0.1, 0.15) is 18.1 Å². The van der Waals surface area contributed by atoms with Crippen molar-refractivity contribution in [3.8, 4) is 17.1 Å². The Morgan fingerprint density at radius 1 is 0.944 bits per heavy atom. The zero-order chi connectivity index (χ0) is 25.3. The molecule has 0 aliphatic carbocycles. The molecule has 0 saturated carbocycles. The predicted molar refractivity (Wildman–Crippen MR) is 132 cm³/mol. The molecule has 10 heteroatoms. The standard InChI is InChI=1S/C26H29N5O5/c1-2-35-26(34)31-16-14-30(15-17-31)23(32)13-12-22-25(33)27-24(29-28-22)20-8-10-21(11-9-20)36-18-19-6-4-3-5-7-19/h3-11H,2,12-18H2,1H3,(H,27,29,33). The van der Waals surface area contributed by atoms with Crippen LogP contribution in [0.2, 0.25) is 0 Å². The lowest BCUT2D eigenvalue weighted by molar-refractivity contribution is -0.132. The Morgan fingerprint density at radius 2 is 1.64 bits per heavy atom. The summed E-state index contributed by atoms with van der Waals surface area (Å²) in [5.74, 6) is 0.964. The summed E-state index contributed by atoms with van der Waals surface area (Å²) in [6.45, 7) is 4.26. The first kappa shape index (κ1) is 24.9. The summed E-state index contributed by atoms with van der Waals surface area (Å²) in [5.41, 5.74) is 1.61. The van der Waals surface area contributed by atoms with Gasteiger partial charge >= 0.3 is 6.09 Å². The van der Waals surface area contributed by atoms with Crippen LogP contribution in [0.25, 0.3) is 11.4 Å². The molecule has 2 amide bonds. The van der Waals surface area contributed by atoms with Crippen LogP contribution in [0.4, 0.5) is 4.79 Å². The number of aromatic amines is 1. The number of aromatic nitrogens is 3. The fourth-order valence-electron chi connectivity index (χ4n) is 3.84. The number of piperazine rings is 1. The van der Waals surface area contributed by atoms with Gasteiger partial charge in [0.15, 0.2) is 5.82 Å². The molecule has 0 radical (unpaired) electrons. The van der Waals surface area contributed by atoms with E-state index < -0.39 is 0 Å². The Bertz CT molecular complexity index is 1220. The molecular formula is C26H29N5O5. The molecular weight excluding hydrogens is 462 g/mol. The minimum absolute atomic E-state index is 0.0881. The van der Waals surface area contributed by atoms with E-state index in [1.807, 2.05) is 42.5 Å². The quantitative estimate of drug-likeness (QED) is 0.515. The minimum Gasteiger partial charge on any atom is -0.489 e. The normalized spacial score (nSPS) is 13.4. The molecule has 1 aliphatic rings. The molecule has 1 fully saturated rings. The van der Waals surface area contributed by atoms with E-state index in [4.69, 9.17) is 9.47 Å². The Labute approximate surface area is 208 Å². The molecule has 4 rings (SSSR count). The molecule has 1 saturated heterocycles. The molecule has 0 unspecified atom stereocenters. The van der Waals surface area contributed by atoms with Gasteiger partial charge in [-0.3, -0.25) is 9.59 Å². The molecule has 3 aromatic rings. The van der Waals surface area contributed by atoms with E-state index in [2.05, 4.69) is 15.2 Å². The zero-order valence-corrected chi connectivity index (χ0v) is 20.2. The van der Waals surface area contributed by atoms with E-state index in [-0.39, 0.29) is 36.1 Å². The second kappa shape index (κ2) is 12.0. The van der Waals surface area contributed by atoms with Crippen molar-refractivity contribution in [2.75, 3.05) is 32.8 Å². The highest BCUT2D eigenvalue weighted by molar-refractivity contribution is 5.77. The van der Waals surface area contributed by atoms with Gasteiger partial charge in [-0.05, 0) is 36.8 Å². The zero-order valence-electron chi connectivity index (χ0n) is 20.2. The molecule has 188 valence electrons. The number of hydrogen-bond donors (Lipinski definition) is 1. The second-order valence-corrected chi connectivity index (χ2v) is 8.31. The Kier molecular flexibility index (Phi) is 8.28. The van der Waals surface area contributed by atoms with Crippen LogP contribution >= 0.6 is 0 Å². The lowest BCUT2D eigenvalue weighted by Crippen LogP contribution is -2.50. The van der Waals surface area contributed by atoms with Crippen molar-refractivity contribution in [2.45, 2.75) is 26.4 Å². The van der Waals surface area contributed by atoms with Gasteiger partial charge in [-0.25, -0.2) is 4.79 Å². The number of ether oxygens (including phenoxy) is 2. The molecule has 0 spiro atoms. The molecule has 0 bridgehead atoms. The summed E-state index contributed by atoms with van der Waals surface area (Å²) >= 11 is 0. The summed E-state index contributed by atoms with van der Waals surface area (Å²) in [4.78, 5) is 42.9. The third-order valence-corrected chi connectivity index (χ3v) is 5.87. The van der Waals surface area contributed by atoms with E-state index in [1.165, 1.54) is 0 Å². The first-order chi connectivity index (χ1) is 17.5. The summed E-state index contributed by atoms with van der Waals surface area (Å²) in [6.07, 6.45) is -0.0312. The molecule has 1 N–H and O–H groups in total. The lowest BCUT2D eigenvalue weighted by atomic mass is 10.2. The van der Waals surface area contributed by atoms with E-state index >= 15 is 0 Å². The van der Waals surface area contributed by atoms with Crippen LogP contribution in [-0.2, 0) is 22.6 Å². The highest BCUT2D eigenvalue weighted by atomic mass is 16.6. The number of rotatable bonds is 8. The van der Waals surface area contributed by atoms with Gasteiger partial charge in [0.25, 0.3) is 5.56 Å². The number of carbonyl (C=O) groups is 2. The van der Waals surface area contributed by atoms with Crippen LogP contribution in [0.3, 0.4) is 0 Å². The summed E-state index contributed by atoms with van der Waals surface area (Å²) < 4.78 is 10.8. The van der Waals surface area contributed by atoms with E-state index in [1.54, 1.807) is 28.9 Å². The third-order valence-electron chi connectivity index (χ3n) is 5.87. The summed E-state index contributed by atoms with van der Waals surface area (Å²) in [5, 5.41) is 8.20. The predicted octanol–water partition coefficient (Wildman–Crippen LogP) is 2.64. The fourth-order valence-corrected chi connectivity index (χ4v) is 3.84. The molecule has 0 atom stereocenters. The lowest BCUT2D eigenvalue weighted by Gasteiger charge is -2.34. The van der Waals surface area contributed by atoms with Crippen molar-refractivity contribution < 1.29 is 19.1 Å². The topological polar surface area (TPSA) is 118 Å². The Balaban J connectivity index is 1.28. The van der Waals surface area contributed by atoms with Crippen LogP contribution in [0.1, 0.15) is 24.6 Å². The number of amides is 2. The van der Waals surface area contributed by atoms with E-state index in [0.717, 1.165) is 5.56 Å². The van der Waals surface area contributed by atoms with Gasteiger partial charge in [0.2, 0.25) is 5.91 Å². The number of aryl methyl sites for hydroxylation is 1. The average molecular weight is 492 g/mol. The largest absolute Gasteiger partial charge is 0.489 e. The smallest absolute Gasteiger partial charge is 0.409 e. The monoisotopic (exact) mass is 491 g/mol. The van der Waals surface area contributed by atoms with Crippen molar-refractivity contribution >= 4 is 12.0 Å². The second-order valence-electron chi connectivity index (χ2n) is 8.31. The van der Waals surface area contributed by atoms with Crippen LogP contribution in [0.15, 0.2) is 59.4 Å². The van der Waals surface area contributed by atoms with Crippen molar-refractivity contribution in [1.82, 2.24) is 25.0 Å². The molecule has 10 nitrogen and oxygen atoms in total. The molecule has 2 heterocycles. The van der Waals surface area contributed by atoms with Crippen molar-refractivity contribution in [3.63, 3.8) is 0 Å². The van der Waals surface area contributed by atoms with Crippen LogP contribution in [0, 0.1) is 0 Å². The Morgan fingerprint density at radius 3 is 2.31 bits per heavy atom. The molecule has 1 aliphatic heterocycles. The highest BCUT2D eigenvalue weighted by Crippen LogP contribution is 2.19. The van der Waals surface area contributed by atoms with Crippen LogP contribution < -0.4 is 10.3 Å². The Hall–Kier alpha value is -4.21. The SMILES string of the molecule is CCOC(=O)N1CCN(C(=O)CCc2nnc(-c3ccc(OCc4ccccc4)cc3)[nH]c2=O)CC1. The third kappa shape index (κ3) is 6.47. The van der Waals surface area contributed by atoms with Gasteiger partial charge in [-0.1, -0.05) is 30.3 Å².